The molecule has 1 aromatic heterocycles. The number of nitrogens with zero attached hydrogens (tertiary/aromatic N) is 2. The van der Waals surface area contributed by atoms with E-state index in [1.165, 1.54) is 0 Å². The van der Waals surface area contributed by atoms with Gasteiger partial charge in [-0.2, -0.15) is 5.10 Å². The van der Waals surface area contributed by atoms with Gasteiger partial charge in [-0.05, 0) is 38.5 Å². The Hall–Kier alpha value is -3.23. The molecule has 1 amide bonds. The average Bonchev–Trinajstić information content (AvgIpc) is 3.25. The molecule has 9 heteroatoms. The number of amides is 1. The molecule has 9 nitrogen and oxygen atoms in total. The fraction of sp³-hybridized carbons (Fsp3) is 0.421. The second kappa shape index (κ2) is 7.79. The Morgan fingerprint density at radius 1 is 1.39 bits per heavy atom. The largest absolute Gasteiger partial charge is 0.493 e. The van der Waals surface area contributed by atoms with Crippen molar-refractivity contribution in [3.8, 4) is 17.2 Å². The number of nitrogens with one attached hydrogen (secondary N) is 1. The predicted octanol–water partition coefficient (Wildman–Crippen LogP) is 2.68. The molecule has 28 heavy (non-hydrogen) atoms. The first-order valence-electron chi connectivity index (χ1n) is 8.85. The zero-order valence-corrected chi connectivity index (χ0v) is 16.2. The van der Waals surface area contributed by atoms with Gasteiger partial charge < -0.3 is 24.6 Å². The maximum Gasteiger partial charge on any atom is 0.290 e. The van der Waals surface area contributed by atoms with Crippen LogP contribution in [0.3, 0.4) is 0 Å². The molecule has 2 aromatic rings. The second-order valence-electron chi connectivity index (χ2n) is 6.75. The topological polar surface area (TPSA) is 112 Å². The van der Waals surface area contributed by atoms with Crippen LogP contribution in [0, 0.1) is 6.92 Å². The maximum atomic E-state index is 12.3. The highest BCUT2D eigenvalue weighted by atomic mass is 16.7. The van der Waals surface area contributed by atoms with Gasteiger partial charge in [0.15, 0.2) is 11.5 Å². The zero-order valence-electron chi connectivity index (χ0n) is 16.2. The van der Waals surface area contributed by atoms with E-state index in [4.69, 9.17) is 24.1 Å². The van der Waals surface area contributed by atoms with Crippen molar-refractivity contribution in [3.63, 3.8) is 0 Å². The normalized spacial score (nSPS) is 16.8. The minimum absolute atomic E-state index is 0.0177. The summed E-state index contributed by atoms with van der Waals surface area (Å²) in [6.45, 7) is 6.00. The Morgan fingerprint density at radius 3 is 2.75 bits per heavy atom. The predicted molar refractivity (Wildman–Crippen MR) is 100 cm³/mol. The first-order valence-corrected chi connectivity index (χ1v) is 8.85. The van der Waals surface area contributed by atoms with Crippen molar-refractivity contribution in [2.45, 2.75) is 39.2 Å². The van der Waals surface area contributed by atoms with E-state index in [-0.39, 0.29) is 31.1 Å². The van der Waals surface area contributed by atoms with Crippen molar-refractivity contribution < 1.29 is 28.9 Å². The number of aromatic nitrogens is 2. The summed E-state index contributed by atoms with van der Waals surface area (Å²) in [7, 11) is 1.60. The number of ether oxygens (including phenoxy) is 3. The summed E-state index contributed by atoms with van der Waals surface area (Å²) < 4.78 is 18.3. The molecule has 0 saturated heterocycles. The van der Waals surface area contributed by atoms with E-state index >= 15 is 0 Å². The van der Waals surface area contributed by atoms with E-state index in [1.54, 1.807) is 7.11 Å². The molecule has 1 aromatic carbocycles. The van der Waals surface area contributed by atoms with Crippen LogP contribution >= 0.6 is 0 Å². The molecule has 1 unspecified atom stereocenters. The van der Waals surface area contributed by atoms with Gasteiger partial charge >= 0.3 is 0 Å². The number of rotatable bonds is 3. The summed E-state index contributed by atoms with van der Waals surface area (Å²) in [6, 6.07) is 4.02. The van der Waals surface area contributed by atoms with E-state index in [0.29, 0.717) is 23.7 Å². The summed E-state index contributed by atoms with van der Waals surface area (Å²) in [4.78, 5) is 20.7. The lowest BCUT2D eigenvalue weighted by Gasteiger charge is -2.25. The number of carbonyl (C=O) groups excluding carboxylic acids is 1. The molecule has 2 aliphatic heterocycles. The number of methoxy groups -OCH3 is 1. The molecule has 0 bridgehead atoms. The van der Waals surface area contributed by atoms with Crippen molar-refractivity contribution >= 4 is 18.2 Å². The molecule has 3 heterocycles. The van der Waals surface area contributed by atoms with Gasteiger partial charge in [-0.15, -0.1) is 0 Å². The van der Waals surface area contributed by atoms with Gasteiger partial charge in [0.05, 0.1) is 12.8 Å². The molecule has 0 saturated carbocycles. The van der Waals surface area contributed by atoms with Crippen molar-refractivity contribution in [2.75, 3.05) is 19.2 Å². The highest BCUT2D eigenvalue weighted by Gasteiger charge is 2.34. The summed E-state index contributed by atoms with van der Waals surface area (Å²) in [5.41, 5.74) is 2.93. The number of anilines is 1. The van der Waals surface area contributed by atoms with Crippen LogP contribution in [0.5, 0.6) is 17.2 Å². The number of fused-ring (bicyclic) bond motifs is 2. The van der Waals surface area contributed by atoms with Crippen LogP contribution in [0.1, 0.15) is 49.0 Å². The van der Waals surface area contributed by atoms with E-state index in [9.17, 15) is 4.79 Å². The molecule has 2 aliphatic rings. The molecule has 4 rings (SSSR count). The number of aryl methyl sites for hydroxylation is 1. The maximum absolute atomic E-state index is 12.3. The van der Waals surface area contributed by atoms with Crippen LogP contribution in [-0.4, -0.2) is 41.2 Å². The van der Waals surface area contributed by atoms with E-state index in [1.807, 2.05) is 37.6 Å². The van der Waals surface area contributed by atoms with Crippen LogP contribution in [0.15, 0.2) is 12.1 Å². The lowest BCUT2D eigenvalue weighted by molar-refractivity contribution is -0.123. The Kier molecular flexibility index (Phi) is 5.43. The van der Waals surface area contributed by atoms with Crippen LogP contribution < -0.4 is 19.5 Å². The van der Waals surface area contributed by atoms with Crippen LogP contribution in [-0.2, 0) is 9.59 Å². The third-order valence-corrected chi connectivity index (χ3v) is 4.70. The molecule has 0 radical (unpaired) electrons. The second-order valence-corrected chi connectivity index (χ2v) is 6.75. The summed E-state index contributed by atoms with van der Waals surface area (Å²) in [5, 5.41) is 14.5. The van der Waals surface area contributed by atoms with Gasteiger partial charge in [0.1, 0.15) is 5.82 Å². The van der Waals surface area contributed by atoms with Gasteiger partial charge in [-0.1, -0.05) is 0 Å². The minimum Gasteiger partial charge on any atom is -0.493 e. The van der Waals surface area contributed by atoms with Crippen molar-refractivity contribution in [1.82, 2.24) is 9.78 Å². The molecule has 0 spiro atoms. The Bertz CT molecular complexity index is 906. The molecular formula is C19H23N3O6. The van der Waals surface area contributed by atoms with Crippen molar-refractivity contribution in [2.24, 2.45) is 0 Å². The summed E-state index contributed by atoms with van der Waals surface area (Å²) in [6.07, 6.45) is 0.362. The lowest BCUT2D eigenvalue weighted by atomic mass is 9.85. The van der Waals surface area contributed by atoms with Crippen LogP contribution in [0.4, 0.5) is 5.82 Å². The summed E-state index contributed by atoms with van der Waals surface area (Å²) >= 11 is 0. The first-order chi connectivity index (χ1) is 13.4. The number of carboxylic acid groups (broad SMARTS) is 1. The standard InChI is InChI=1S/C18H21N3O4.CH2O2/c1-9(2)21-18-16(10(3)20-21)12(7-15(22)19-18)11-5-13(23-4)17-14(6-11)24-8-25-17;2-1-3/h5-6,9,12H,7-8H2,1-4H3,(H,19,22);1H,(H,2,3). The number of benzene rings is 1. The van der Waals surface area contributed by atoms with E-state index < -0.39 is 0 Å². The highest BCUT2D eigenvalue weighted by molar-refractivity contribution is 5.94. The van der Waals surface area contributed by atoms with Gasteiger partial charge in [-0.3, -0.25) is 9.59 Å². The zero-order chi connectivity index (χ0) is 20.4. The molecule has 0 fully saturated rings. The number of hydrogen-bond donors (Lipinski definition) is 2. The summed E-state index contributed by atoms with van der Waals surface area (Å²) in [5.74, 6) is 2.55. The average molecular weight is 389 g/mol. The van der Waals surface area contributed by atoms with E-state index in [0.717, 1.165) is 22.6 Å². The molecule has 150 valence electrons. The minimum atomic E-state index is -0.250. The Morgan fingerprint density at radius 2 is 2.11 bits per heavy atom. The Labute approximate surface area is 162 Å². The highest BCUT2D eigenvalue weighted by Crippen LogP contribution is 2.47. The molecule has 0 aliphatic carbocycles. The quantitative estimate of drug-likeness (QED) is 0.776. The number of hydrogen-bond acceptors (Lipinski definition) is 6. The molecular weight excluding hydrogens is 366 g/mol. The first kappa shape index (κ1) is 19.5. The van der Waals surface area contributed by atoms with Crippen LogP contribution in [0.25, 0.3) is 0 Å². The van der Waals surface area contributed by atoms with Crippen molar-refractivity contribution in [1.29, 1.82) is 0 Å². The Balaban J connectivity index is 0.000000706. The molecule has 2 N–H and O–H groups in total. The van der Waals surface area contributed by atoms with Crippen LogP contribution in [0.2, 0.25) is 0 Å². The van der Waals surface area contributed by atoms with Gasteiger partial charge in [0.25, 0.3) is 6.47 Å². The SMILES string of the molecule is COc1cc(C2CC(=O)Nc3c2c(C)nn3C(C)C)cc2c1OCO2.O=CO. The van der Waals surface area contributed by atoms with Gasteiger partial charge in [0.2, 0.25) is 18.4 Å². The fourth-order valence-electron chi connectivity index (χ4n) is 3.58. The fourth-order valence-corrected chi connectivity index (χ4v) is 3.58. The number of carbonyl (C=O) groups is 2. The van der Waals surface area contributed by atoms with E-state index in [2.05, 4.69) is 10.4 Å². The third-order valence-electron chi connectivity index (χ3n) is 4.70. The lowest BCUT2D eigenvalue weighted by Crippen LogP contribution is -2.25. The van der Waals surface area contributed by atoms with Gasteiger partial charge in [-0.25, -0.2) is 4.68 Å². The third kappa shape index (κ3) is 3.35. The smallest absolute Gasteiger partial charge is 0.290 e. The molecule has 1 atom stereocenters. The monoisotopic (exact) mass is 389 g/mol. The van der Waals surface area contributed by atoms with Crippen molar-refractivity contribution in [3.05, 3.63) is 29.0 Å². The van der Waals surface area contributed by atoms with Gasteiger partial charge in [0, 0.05) is 23.9 Å².